The topological polar surface area (TPSA) is 89.5 Å². The van der Waals surface area contributed by atoms with Crippen LogP contribution in [-0.2, 0) is 24.3 Å². The van der Waals surface area contributed by atoms with Crippen molar-refractivity contribution < 1.29 is 38.6 Å². The van der Waals surface area contributed by atoms with E-state index >= 15 is 0 Å². The quantitative estimate of drug-likeness (QED) is 0.428. The standard InChI is InChI=1S/C13H16O8/c1-9(8-16-2)18-13(15)20-21-19-12(14)10-4-6-11(17-3)7-5-10/h4-7,9H,8H2,1-3H3. The van der Waals surface area contributed by atoms with Crippen LogP contribution in [0.25, 0.3) is 0 Å². The summed E-state index contributed by atoms with van der Waals surface area (Å²) in [4.78, 5) is 31.0. The van der Waals surface area contributed by atoms with Crippen LogP contribution in [0.15, 0.2) is 24.3 Å². The molecule has 8 heteroatoms. The van der Waals surface area contributed by atoms with Crippen LogP contribution in [0.5, 0.6) is 5.75 Å². The second-order valence-electron chi connectivity index (χ2n) is 3.88. The lowest BCUT2D eigenvalue weighted by atomic mass is 10.2. The molecular formula is C13H16O8. The monoisotopic (exact) mass is 300 g/mol. The van der Waals surface area contributed by atoms with Gasteiger partial charge in [-0.25, -0.2) is 14.5 Å². The molecule has 0 aliphatic carbocycles. The Balaban J connectivity index is 2.31. The number of rotatable bonds is 7. The van der Waals surface area contributed by atoms with E-state index in [1.165, 1.54) is 26.4 Å². The molecule has 1 aromatic rings. The van der Waals surface area contributed by atoms with Crippen LogP contribution in [0.4, 0.5) is 4.79 Å². The molecule has 0 radical (unpaired) electrons. The van der Waals surface area contributed by atoms with Gasteiger partial charge in [-0.3, -0.25) is 4.89 Å². The van der Waals surface area contributed by atoms with E-state index in [4.69, 9.17) is 9.47 Å². The number of methoxy groups -OCH3 is 2. The molecule has 0 spiro atoms. The Morgan fingerprint density at radius 2 is 1.76 bits per heavy atom. The van der Waals surface area contributed by atoms with Crippen molar-refractivity contribution in [3.8, 4) is 5.75 Å². The molecule has 0 fully saturated rings. The Labute approximate surface area is 121 Å². The first-order valence-corrected chi connectivity index (χ1v) is 5.96. The number of carbonyl (C=O) groups is 2. The first-order valence-electron chi connectivity index (χ1n) is 5.96. The van der Waals surface area contributed by atoms with Crippen LogP contribution >= 0.6 is 0 Å². The number of hydrogen-bond donors (Lipinski definition) is 0. The highest BCUT2D eigenvalue weighted by Gasteiger charge is 2.14. The van der Waals surface area contributed by atoms with E-state index in [1.54, 1.807) is 19.1 Å². The molecule has 0 aliphatic heterocycles. The Morgan fingerprint density at radius 1 is 1.10 bits per heavy atom. The summed E-state index contributed by atoms with van der Waals surface area (Å²) in [7, 11) is 2.96. The second-order valence-corrected chi connectivity index (χ2v) is 3.88. The van der Waals surface area contributed by atoms with Gasteiger partial charge in [0, 0.05) is 7.11 Å². The van der Waals surface area contributed by atoms with E-state index in [9.17, 15) is 9.59 Å². The third-order valence-electron chi connectivity index (χ3n) is 2.24. The van der Waals surface area contributed by atoms with Gasteiger partial charge >= 0.3 is 12.1 Å². The van der Waals surface area contributed by atoms with Crippen molar-refractivity contribution in [3.05, 3.63) is 29.8 Å². The van der Waals surface area contributed by atoms with Crippen LogP contribution in [0.3, 0.4) is 0 Å². The summed E-state index contributed by atoms with van der Waals surface area (Å²) in [6.45, 7) is 1.79. The van der Waals surface area contributed by atoms with Gasteiger partial charge in [0.2, 0.25) is 0 Å². The molecule has 0 amide bonds. The highest BCUT2D eigenvalue weighted by molar-refractivity contribution is 5.89. The van der Waals surface area contributed by atoms with Gasteiger partial charge in [0.25, 0.3) is 0 Å². The summed E-state index contributed by atoms with van der Waals surface area (Å²) >= 11 is 0. The lowest BCUT2D eigenvalue weighted by Crippen LogP contribution is -2.21. The van der Waals surface area contributed by atoms with Gasteiger partial charge in [0.15, 0.2) is 0 Å². The zero-order valence-corrected chi connectivity index (χ0v) is 11.9. The largest absolute Gasteiger partial charge is 0.543 e. The van der Waals surface area contributed by atoms with Gasteiger partial charge in [0.05, 0.1) is 24.3 Å². The Morgan fingerprint density at radius 3 is 2.33 bits per heavy atom. The summed E-state index contributed by atoms with van der Waals surface area (Å²) in [6.07, 6.45) is -1.68. The van der Waals surface area contributed by atoms with Crippen LogP contribution in [0.1, 0.15) is 17.3 Å². The number of ether oxygens (including phenoxy) is 3. The predicted octanol–water partition coefficient (Wildman–Crippen LogP) is 1.89. The molecular weight excluding hydrogens is 284 g/mol. The highest BCUT2D eigenvalue weighted by Crippen LogP contribution is 2.12. The Hall–Kier alpha value is -2.32. The van der Waals surface area contributed by atoms with Crippen molar-refractivity contribution >= 4 is 12.1 Å². The summed E-state index contributed by atoms with van der Waals surface area (Å²) < 4.78 is 14.4. The van der Waals surface area contributed by atoms with Gasteiger partial charge < -0.3 is 14.2 Å². The van der Waals surface area contributed by atoms with Crippen LogP contribution in [0.2, 0.25) is 0 Å². The smallest absolute Gasteiger partial charge is 0.497 e. The lowest BCUT2D eigenvalue weighted by molar-refractivity contribution is -0.453. The molecule has 8 nitrogen and oxygen atoms in total. The Kier molecular flexibility index (Phi) is 6.99. The molecule has 1 unspecified atom stereocenters. The minimum Gasteiger partial charge on any atom is -0.497 e. The SMILES string of the molecule is COCC(C)OC(=O)OOOC(=O)c1ccc(OC)cc1. The molecule has 0 saturated heterocycles. The van der Waals surface area contributed by atoms with Gasteiger partial charge in [0.1, 0.15) is 11.9 Å². The maximum atomic E-state index is 11.5. The van der Waals surface area contributed by atoms with E-state index < -0.39 is 18.2 Å². The van der Waals surface area contributed by atoms with Gasteiger partial charge in [-0.1, -0.05) is 0 Å². The van der Waals surface area contributed by atoms with Crippen LogP contribution < -0.4 is 4.74 Å². The fourth-order valence-corrected chi connectivity index (χ4v) is 1.30. The molecule has 0 aliphatic rings. The average molecular weight is 300 g/mol. The summed E-state index contributed by atoms with van der Waals surface area (Å²) in [6, 6.07) is 6.06. The molecule has 1 atom stereocenters. The molecule has 0 aromatic heterocycles. The number of carbonyl (C=O) groups excluding carboxylic acids is 2. The van der Waals surface area contributed by atoms with Gasteiger partial charge in [-0.05, 0) is 31.2 Å². The number of benzene rings is 1. The van der Waals surface area contributed by atoms with E-state index in [0.717, 1.165) is 0 Å². The summed E-state index contributed by atoms with van der Waals surface area (Å²) in [5.41, 5.74) is 0.195. The minimum absolute atomic E-state index is 0.195. The Bertz CT molecular complexity index is 456. The maximum absolute atomic E-state index is 11.5. The maximum Gasteiger partial charge on any atom is 0.543 e. The second kappa shape index (κ2) is 8.77. The molecule has 1 rings (SSSR count). The highest BCUT2D eigenvalue weighted by atomic mass is 17.5. The van der Waals surface area contributed by atoms with Crippen molar-refractivity contribution in [1.29, 1.82) is 0 Å². The van der Waals surface area contributed by atoms with Gasteiger partial charge in [-0.2, -0.15) is 0 Å². The van der Waals surface area contributed by atoms with Crippen LogP contribution in [0, 0.1) is 0 Å². The summed E-state index contributed by atoms with van der Waals surface area (Å²) in [5.74, 6) is -0.255. The molecule has 116 valence electrons. The third-order valence-corrected chi connectivity index (χ3v) is 2.24. The normalized spacial score (nSPS) is 11.4. The molecule has 0 N–H and O–H groups in total. The first-order chi connectivity index (χ1) is 10.1. The first kappa shape index (κ1) is 16.7. The minimum atomic E-state index is -1.15. The van der Waals surface area contributed by atoms with E-state index in [1.807, 2.05) is 0 Å². The summed E-state index contributed by atoms with van der Waals surface area (Å²) in [5, 5.41) is 4.05. The molecule has 0 saturated carbocycles. The number of hydrogen-bond acceptors (Lipinski definition) is 8. The van der Waals surface area contributed by atoms with Crippen molar-refractivity contribution in [2.75, 3.05) is 20.8 Å². The average Bonchev–Trinajstić information content (AvgIpc) is 2.47. The zero-order valence-electron chi connectivity index (χ0n) is 11.9. The molecule has 0 heterocycles. The van der Waals surface area contributed by atoms with E-state index in [-0.39, 0.29) is 12.2 Å². The van der Waals surface area contributed by atoms with Gasteiger partial charge in [-0.15, -0.1) is 0 Å². The van der Waals surface area contributed by atoms with Crippen molar-refractivity contribution in [2.45, 2.75) is 13.0 Å². The zero-order chi connectivity index (χ0) is 15.7. The van der Waals surface area contributed by atoms with Crippen LogP contribution in [-0.4, -0.2) is 39.1 Å². The van der Waals surface area contributed by atoms with E-state index in [2.05, 4.69) is 19.6 Å². The molecule has 1 aromatic carbocycles. The fourth-order valence-electron chi connectivity index (χ4n) is 1.30. The predicted molar refractivity (Wildman–Crippen MR) is 68.4 cm³/mol. The fraction of sp³-hybridized carbons (Fsp3) is 0.385. The van der Waals surface area contributed by atoms with Crippen molar-refractivity contribution in [2.24, 2.45) is 0 Å². The van der Waals surface area contributed by atoms with Crippen molar-refractivity contribution in [1.82, 2.24) is 0 Å². The molecule has 21 heavy (non-hydrogen) atoms. The van der Waals surface area contributed by atoms with Crippen molar-refractivity contribution in [3.63, 3.8) is 0 Å². The lowest BCUT2D eigenvalue weighted by Gasteiger charge is -2.10. The third kappa shape index (κ3) is 6.11. The molecule has 0 bridgehead atoms. The van der Waals surface area contributed by atoms with E-state index in [0.29, 0.717) is 5.75 Å².